The number of fused-ring (bicyclic) bond motifs is 4. The van der Waals surface area contributed by atoms with Crippen molar-refractivity contribution < 1.29 is 9.59 Å². The Morgan fingerprint density at radius 3 is 1.67 bits per heavy atom. The van der Waals surface area contributed by atoms with Crippen molar-refractivity contribution in [3.05, 3.63) is 199 Å². The molecule has 2 amide bonds. The number of para-hydroxylation sites is 2. The number of benzene rings is 7. The van der Waals surface area contributed by atoms with Crippen molar-refractivity contribution in [2.75, 3.05) is 4.90 Å². The third-order valence-corrected chi connectivity index (χ3v) is 10.4. The molecule has 0 fully saturated rings. The lowest BCUT2D eigenvalue weighted by atomic mass is 9.90. The molecule has 5 nitrogen and oxygen atoms in total. The van der Waals surface area contributed by atoms with Crippen LogP contribution in [0, 0.1) is 0 Å². The van der Waals surface area contributed by atoms with Gasteiger partial charge in [0.2, 0.25) is 0 Å². The summed E-state index contributed by atoms with van der Waals surface area (Å²) >= 11 is 0. The second-order valence-corrected chi connectivity index (χ2v) is 13.4. The van der Waals surface area contributed by atoms with Gasteiger partial charge in [-0.3, -0.25) is 14.6 Å². The number of imide groups is 1. The van der Waals surface area contributed by atoms with Crippen molar-refractivity contribution >= 4 is 39.3 Å². The smallest absolute Gasteiger partial charge is 0.268 e. The lowest BCUT2D eigenvalue weighted by molar-refractivity contribution is 0.0926. The number of nitrogens with zero attached hydrogens (tertiary/aromatic N) is 3. The summed E-state index contributed by atoms with van der Waals surface area (Å²) in [6, 6.07) is 60.3. The highest BCUT2D eigenvalue weighted by Gasteiger charge is 2.42. The predicted molar refractivity (Wildman–Crippen MR) is 218 cm³/mol. The van der Waals surface area contributed by atoms with Gasteiger partial charge in [-0.05, 0) is 64.7 Å². The number of amides is 2. The lowest BCUT2D eigenvalue weighted by Crippen LogP contribution is -2.30. The number of rotatable bonds is 6. The van der Waals surface area contributed by atoms with Crippen molar-refractivity contribution in [1.82, 2.24) is 9.55 Å². The lowest BCUT2D eigenvalue weighted by Gasteiger charge is -2.24. The molecule has 9 aromatic rings. The average Bonchev–Trinajstić information content (AvgIpc) is 3.72. The summed E-state index contributed by atoms with van der Waals surface area (Å²) < 4.78 is 2.14. The zero-order valence-electron chi connectivity index (χ0n) is 29.1. The fraction of sp³-hybridized carbons (Fsp3) is 0. The van der Waals surface area contributed by atoms with Gasteiger partial charge in [-0.1, -0.05) is 140 Å². The van der Waals surface area contributed by atoms with Gasteiger partial charge in [-0.2, -0.15) is 0 Å². The topological polar surface area (TPSA) is 55.2 Å². The third-order valence-electron chi connectivity index (χ3n) is 10.4. The van der Waals surface area contributed by atoms with E-state index in [2.05, 4.69) is 53.1 Å². The largest absolute Gasteiger partial charge is 0.308 e. The molecule has 7 aromatic carbocycles. The van der Waals surface area contributed by atoms with Crippen LogP contribution in [-0.4, -0.2) is 21.4 Å². The highest BCUT2D eigenvalue weighted by Crippen LogP contribution is 2.47. The van der Waals surface area contributed by atoms with E-state index in [1.807, 2.05) is 127 Å². The Morgan fingerprint density at radius 1 is 0.426 bits per heavy atom. The minimum Gasteiger partial charge on any atom is -0.308 e. The number of anilines is 1. The molecule has 3 heterocycles. The molecule has 254 valence electrons. The minimum absolute atomic E-state index is 0.357. The molecule has 0 atom stereocenters. The van der Waals surface area contributed by atoms with Gasteiger partial charge in [0.25, 0.3) is 11.8 Å². The van der Waals surface area contributed by atoms with E-state index in [1.165, 1.54) is 4.90 Å². The second-order valence-electron chi connectivity index (χ2n) is 13.4. The zero-order chi connectivity index (χ0) is 36.2. The molecule has 0 radical (unpaired) electrons. The zero-order valence-corrected chi connectivity index (χ0v) is 29.1. The predicted octanol–water partition coefficient (Wildman–Crippen LogP) is 11.6. The first-order chi connectivity index (χ1) is 26.7. The summed E-state index contributed by atoms with van der Waals surface area (Å²) in [7, 11) is 0. The minimum atomic E-state index is -0.367. The first-order valence-electron chi connectivity index (χ1n) is 18.0. The van der Waals surface area contributed by atoms with Gasteiger partial charge in [0.05, 0.1) is 39.2 Å². The Balaban J connectivity index is 1.25. The van der Waals surface area contributed by atoms with E-state index >= 15 is 4.79 Å². The summed E-state index contributed by atoms with van der Waals surface area (Å²) in [6.07, 6.45) is 1.79. The van der Waals surface area contributed by atoms with Crippen LogP contribution in [0.15, 0.2) is 188 Å². The standard InChI is InChI=1S/C49H31N3O2/c53-48-39-25-15-28-44(51-43-27-11-10-22-36(43)37-23-14-24-38(46(37)51)42-26-12-13-29-50-42)45(39)49(54)52(48)47-40(33-18-6-2-7-19-33)30-35(32-16-4-1-5-17-32)31-41(47)34-20-8-3-9-21-34/h1-31H. The fourth-order valence-corrected chi connectivity index (χ4v) is 8.00. The second kappa shape index (κ2) is 12.7. The molecule has 5 heteroatoms. The van der Waals surface area contributed by atoms with Crippen LogP contribution in [0.25, 0.3) is 72.1 Å². The van der Waals surface area contributed by atoms with E-state index in [-0.39, 0.29) is 11.8 Å². The van der Waals surface area contributed by atoms with Crippen LogP contribution in [0.5, 0.6) is 0 Å². The summed E-state index contributed by atoms with van der Waals surface area (Å²) in [5.74, 6) is -0.724. The average molecular weight is 694 g/mol. The van der Waals surface area contributed by atoms with Crippen molar-refractivity contribution in [3.8, 4) is 50.3 Å². The van der Waals surface area contributed by atoms with Crippen LogP contribution < -0.4 is 4.90 Å². The van der Waals surface area contributed by atoms with Gasteiger partial charge < -0.3 is 4.57 Å². The third kappa shape index (κ3) is 4.90. The molecular formula is C49H31N3O2. The maximum atomic E-state index is 15.4. The highest BCUT2D eigenvalue weighted by atomic mass is 16.2. The molecule has 10 rings (SSSR count). The first kappa shape index (κ1) is 31.4. The van der Waals surface area contributed by atoms with E-state index in [1.54, 1.807) is 12.3 Å². The molecule has 0 bridgehead atoms. The molecule has 1 aliphatic heterocycles. The van der Waals surface area contributed by atoms with E-state index in [4.69, 9.17) is 4.98 Å². The number of hydrogen-bond acceptors (Lipinski definition) is 3. The summed E-state index contributed by atoms with van der Waals surface area (Å²) in [5, 5.41) is 2.08. The van der Waals surface area contributed by atoms with Crippen LogP contribution >= 0.6 is 0 Å². The number of pyridine rings is 1. The van der Waals surface area contributed by atoms with Crippen LogP contribution in [0.3, 0.4) is 0 Å². The van der Waals surface area contributed by atoms with Gasteiger partial charge in [-0.25, -0.2) is 4.90 Å². The molecule has 0 spiro atoms. The van der Waals surface area contributed by atoms with Crippen molar-refractivity contribution in [3.63, 3.8) is 0 Å². The molecular weight excluding hydrogens is 663 g/mol. The van der Waals surface area contributed by atoms with Crippen molar-refractivity contribution in [2.24, 2.45) is 0 Å². The van der Waals surface area contributed by atoms with Gasteiger partial charge in [0.15, 0.2) is 0 Å². The first-order valence-corrected chi connectivity index (χ1v) is 18.0. The Morgan fingerprint density at radius 2 is 1.00 bits per heavy atom. The molecule has 54 heavy (non-hydrogen) atoms. The maximum Gasteiger partial charge on any atom is 0.268 e. The van der Waals surface area contributed by atoms with Gasteiger partial charge in [0, 0.05) is 33.7 Å². The van der Waals surface area contributed by atoms with Crippen LogP contribution in [0.4, 0.5) is 5.69 Å². The fourth-order valence-electron chi connectivity index (χ4n) is 8.00. The highest BCUT2D eigenvalue weighted by molar-refractivity contribution is 6.37. The van der Waals surface area contributed by atoms with E-state index in [0.717, 1.165) is 66.4 Å². The Labute approximate surface area is 312 Å². The van der Waals surface area contributed by atoms with E-state index in [0.29, 0.717) is 22.5 Å². The molecule has 0 unspecified atom stereocenters. The van der Waals surface area contributed by atoms with Crippen LogP contribution in [0.1, 0.15) is 20.7 Å². The molecule has 0 saturated heterocycles. The Bertz CT molecular complexity index is 2840. The summed E-state index contributed by atoms with van der Waals surface area (Å²) in [4.78, 5) is 36.4. The van der Waals surface area contributed by atoms with Crippen LogP contribution in [-0.2, 0) is 0 Å². The van der Waals surface area contributed by atoms with Crippen molar-refractivity contribution in [1.29, 1.82) is 0 Å². The molecule has 1 aliphatic rings. The molecule has 0 saturated carbocycles. The summed E-state index contributed by atoms with van der Waals surface area (Å²) in [6.45, 7) is 0. The monoisotopic (exact) mass is 693 g/mol. The van der Waals surface area contributed by atoms with Crippen LogP contribution in [0.2, 0.25) is 0 Å². The number of hydrogen-bond donors (Lipinski definition) is 0. The van der Waals surface area contributed by atoms with Gasteiger partial charge >= 0.3 is 0 Å². The number of carbonyl (C=O) groups excluding carboxylic acids is 2. The SMILES string of the molecule is O=C1c2cccc(-n3c4ccccc4c4cccc(-c5ccccn5)c43)c2C(=O)N1c1c(-c2ccccc2)cc(-c2ccccc2)cc1-c1ccccc1. The van der Waals surface area contributed by atoms with Gasteiger partial charge in [0.1, 0.15) is 0 Å². The molecule has 0 aliphatic carbocycles. The molecule has 0 N–H and O–H groups in total. The number of aromatic nitrogens is 2. The Hall–Kier alpha value is -7.37. The summed E-state index contributed by atoms with van der Waals surface area (Å²) in [5.41, 5.74) is 11.0. The maximum absolute atomic E-state index is 15.4. The van der Waals surface area contributed by atoms with Crippen molar-refractivity contribution in [2.45, 2.75) is 0 Å². The Kier molecular flexibility index (Phi) is 7.37. The van der Waals surface area contributed by atoms with E-state index in [9.17, 15) is 4.79 Å². The van der Waals surface area contributed by atoms with E-state index < -0.39 is 0 Å². The van der Waals surface area contributed by atoms with Gasteiger partial charge in [-0.15, -0.1) is 0 Å². The molecule has 2 aromatic heterocycles. The number of carbonyl (C=O) groups is 2. The normalized spacial score (nSPS) is 12.5. The quantitative estimate of drug-likeness (QED) is 0.163.